The molecule has 16 heavy (non-hydrogen) atoms. The predicted octanol–water partition coefficient (Wildman–Crippen LogP) is 5.55. The van der Waals surface area contributed by atoms with Crippen molar-refractivity contribution >= 4 is 8.46 Å². The van der Waals surface area contributed by atoms with Crippen molar-refractivity contribution in [3.63, 3.8) is 0 Å². The molecule has 0 amide bonds. The van der Waals surface area contributed by atoms with E-state index in [1.54, 1.807) is 0 Å². The predicted molar refractivity (Wildman–Crippen MR) is 73.3 cm³/mol. The molecule has 0 aliphatic rings. The van der Waals surface area contributed by atoms with E-state index in [1.165, 1.54) is 25.7 Å². The Morgan fingerprint density at radius 2 is 1.25 bits per heavy atom. The molecule has 0 fully saturated rings. The molecule has 0 aromatic rings. The average molecular weight is 244 g/mol. The Morgan fingerprint density at radius 1 is 0.812 bits per heavy atom. The molecular formula is C14H29OP. The van der Waals surface area contributed by atoms with E-state index < -0.39 is 0 Å². The summed E-state index contributed by atoms with van der Waals surface area (Å²) in [5, 5.41) is 0. The average Bonchev–Trinajstić information content (AvgIpc) is 2.21. The number of hydrogen-bond acceptors (Lipinski definition) is 1. The monoisotopic (exact) mass is 244 g/mol. The van der Waals surface area contributed by atoms with Crippen LogP contribution in [0.25, 0.3) is 0 Å². The van der Waals surface area contributed by atoms with Crippen LogP contribution in [0.2, 0.25) is 0 Å². The topological polar surface area (TPSA) is 17.1 Å². The Balaban J connectivity index is 3.99. The minimum Gasteiger partial charge on any atom is -0.275 e. The number of rotatable bonds is 9. The van der Waals surface area contributed by atoms with Crippen LogP contribution in [-0.2, 0) is 4.57 Å². The minimum absolute atomic E-state index is 0.322. The molecule has 0 aromatic heterocycles. The van der Waals surface area contributed by atoms with Gasteiger partial charge in [0.2, 0.25) is 0 Å². The molecule has 2 heteroatoms. The zero-order valence-electron chi connectivity index (χ0n) is 11.7. The van der Waals surface area contributed by atoms with Crippen LogP contribution in [0, 0.1) is 17.8 Å². The molecule has 1 unspecified atom stereocenters. The lowest BCUT2D eigenvalue weighted by molar-refractivity contribution is 0.349. The molecule has 0 spiro atoms. The van der Waals surface area contributed by atoms with E-state index in [0.717, 1.165) is 24.2 Å². The summed E-state index contributed by atoms with van der Waals surface area (Å²) < 4.78 is 10.8. The van der Waals surface area contributed by atoms with Gasteiger partial charge in [-0.15, -0.1) is 0 Å². The van der Waals surface area contributed by atoms with Crippen molar-refractivity contribution in [2.24, 2.45) is 17.8 Å². The molecule has 0 N–H and O–H groups in total. The van der Waals surface area contributed by atoms with Gasteiger partial charge in [-0.05, 0) is 24.2 Å². The summed E-state index contributed by atoms with van der Waals surface area (Å²) in [5.41, 5.74) is 0.337. The van der Waals surface area contributed by atoms with Crippen molar-refractivity contribution in [1.29, 1.82) is 0 Å². The van der Waals surface area contributed by atoms with Crippen LogP contribution in [0.5, 0.6) is 0 Å². The Kier molecular flexibility index (Phi) is 9.22. The third-order valence-corrected chi connectivity index (χ3v) is 3.73. The van der Waals surface area contributed by atoms with Crippen LogP contribution in [0.3, 0.4) is 0 Å². The zero-order valence-corrected chi connectivity index (χ0v) is 12.6. The summed E-state index contributed by atoms with van der Waals surface area (Å²) in [4.78, 5) is 0. The Bertz CT molecular complexity index is 166. The molecule has 0 rings (SSSR count). The molecule has 0 heterocycles. The Hall–Kier alpha value is 0.100. The molecule has 1 atom stereocenters. The second-order valence-corrected chi connectivity index (χ2v) is 7.09. The highest BCUT2D eigenvalue weighted by Crippen LogP contribution is 2.27. The van der Waals surface area contributed by atoms with Crippen LogP contribution in [-0.4, -0.2) is 5.66 Å². The van der Waals surface area contributed by atoms with Crippen molar-refractivity contribution in [3.8, 4) is 0 Å². The van der Waals surface area contributed by atoms with Crippen LogP contribution in [0.1, 0.15) is 66.7 Å². The highest BCUT2D eigenvalue weighted by atomic mass is 31.1. The summed E-state index contributed by atoms with van der Waals surface area (Å²) in [6.45, 7) is 11.2. The largest absolute Gasteiger partial charge is 0.275 e. The van der Waals surface area contributed by atoms with Gasteiger partial charge in [0.05, 0.1) is 0 Å². The van der Waals surface area contributed by atoms with Crippen LogP contribution in [0.15, 0.2) is 0 Å². The first kappa shape index (κ1) is 16.1. The summed E-state index contributed by atoms with van der Waals surface area (Å²) in [6, 6.07) is 0. The quantitative estimate of drug-likeness (QED) is 0.486. The van der Waals surface area contributed by atoms with E-state index in [9.17, 15) is 4.57 Å². The maximum Gasteiger partial charge on any atom is 0.158 e. The van der Waals surface area contributed by atoms with Crippen molar-refractivity contribution < 1.29 is 4.57 Å². The normalized spacial score (nSPS) is 14.2. The third kappa shape index (κ3) is 9.33. The van der Waals surface area contributed by atoms with E-state index in [-0.39, 0.29) is 0 Å². The molecule has 1 nitrogen and oxygen atoms in total. The lowest BCUT2D eigenvalue weighted by atomic mass is 9.88. The zero-order chi connectivity index (χ0) is 12.6. The Labute approximate surface area is 104 Å². The molecule has 0 bridgehead atoms. The van der Waals surface area contributed by atoms with E-state index in [1.807, 2.05) is 0 Å². The highest BCUT2D eigenvalue weighted by Gasteiger charge is 2.14. The summed E-state index contributed by atoms with van der Waals surface area (Å²) in [5.74, 6) is 2.37. The Morgan fingerprint density at radius 3 is 1.56 bits per heavy atom. The maximum atomic E-state index is 10.8. The second kappa shape index (κ2) is 9.16. The van der Waals surface area contributed by atoms with Crippen molar-refractivity contribution in [1.82, 2.24) is 0 Å². The lowest BCUT2D eigenvalue weighted by Gasteiger charge is -2.20. The third-order valence-electron chi connectivity index (χ3n) is 3.16. The minimum atomic E-state index is 0.322. The summed E-state index contributed by atoms with van der Waals surface area (Å²) >= 11 is 0. The molecular weight excluding hydrogens is 215 g/mol. The van der Waals surface area contributed by atoms with Crippen molar-refractivity contribution in [3.05, 3.63) is 0 Å². The van der Waals surface area contributed by atoms with E-state index in [4.69, 9.17) is 0 Å². The van der Waals surface area contributed by atoms with Gasteiger partial charge < -0.3 is 0 Å². The van der Waals surface area contributed by atoms with E-state index >= 15 is 0 Å². The fraction of sp³-hybridized carbons (Fsp3) is 1.00. The van der Waals surface area contributed by atoms with Gasteiger partial charge in [0.25, 0.3) is 0 Å². The van der Waals surface area contributed by atoms with E-state index in [0.29, 0.717) is 14.1 Å². The van der Waals surface area contributed by atoms with Gasteiger partial charge in [-0.3, -0.25) is 4.57 Å². The molecule has 0 aliphatic heterocycles. The SMILES string of the molecule is CC(C)CCC(CCC(C)C)CC(C)P=O. The first-order chi connectivity index (χ1) is 7.45. The first-order valence-corrected chi connectivity index (χ1v) is 7.66. The smallest absolute Gasteiger partial charge is 0.158 e. The summed E-state index contributed by atoms with van der Waals surface area (Å²) in [7, 11) is 0.322. The number of hydrogen-bond donors (Lipinski definition) is 0. The highest BCUT2D eigenvalue weighted by molar-refractivity contribution is 7.24. The van der Waals surface area contributed by atoms with Gasteiger partial charge in [0, 0.05) is 5.66 Å². The fourth-order valence-electron chi connectivity index (χ4n) is 2.04. The van der Waals surface area contributed by atoms with Gasteiger partial charge in [-0.25, -0.2) is 0 Å². The molecule has 0 aliphatic carbocycles. The van der Waals surface area contributed by atoms with Crippen LogP contribution in [0.4, 0.5) is 0 Å². The van der Waals surface area contributed by atoms with Crippen LogP contribution >= 0.6 is 8.46 Å². The molecule has 96 valence electrons. The fourth-order valence-corrected chi connectivity index (χ4v) is 2.43. The molecule has 0 saturated heterocycles. The lowest BCUT2D eigenvalue weighted by Crippen LogP contribution is -2.09. The molecule has 0 aromatic carbocycles. The van der Waals surface area contributed by atoms with Gasteiger partial charge in [0.15, 0.2) is 8.46 Å². The maximum absolute atomic E-state index is 10.8. The summed E-state index contributed by atoms with van der Waals surface area (Å²) in [6.07, 6.45) is 6.37. The van der Waals surface area contributed by atoms with Crippen molar-refractivity contribution in [2.45, 2.75) is 72.4 Å². The van der Waals surface area contributed by atoms with E-state index in [2.05, 4.69) is 34.6 Å². The molecule has 0 saturated carbocycles. The van der Waals surface area contributed by atoms with Gasteiger partial charge in [-0.2, -0.15) is 0 Å². The van der Waals surface area contributed by atoms with Crippen molar-refractivity contribution in [2.75, 3.05) is 0 Å². The standard InChI is InChI=1S/C14H29OP/c1-11(2)6-8-14(9-7-12(3)4)10-13(5)16-15/h11-14H,6-10H2,1-5H3. The van der Waals surface area contributed by atoms with Gasteiger partial charge >= 0.3 is 0 Å². The van der Waals surface area contributed by atoms with Gasteiger partial charge in [-0.1, -0.05) is 60.3 Å². The molecule has 0 radical (unpaired) electrons. The van der Waals surface area contributed by atoms with Crippen LogP contribution < -0.4 is 0 Å². The first-order valence-electron chi connectivity index (χ1n) is 6.78. The van der Waals surface area contributed by atoms with Gasteiger partial charge in [0.1, 0.15) is 0 Å². The second-order valence-electron chi connectivity index (χ2n) is 6.00.